The molecule has 2 bridgehead atoms. The molecule has 3 aliphatic rings. The molecule has 0 aromatic carbocycles. The van der Waals surface area contributed by atoms with Gasteiger partial charge in [0.05, 0.1) is 35.8 Å². The van der Waals surface area contributed by atoms with E-state index >= 15 is 0 Å². The van der Waals surface area contributed by atoms with Gasteiger partial charge in [-0.3, -0.25) is 14.4 Å². The van der Waals surface area contributed by atoms with Crippen molar-refractivity contribution in [1.29, 1.82) is 0 Å². The van der Waals surface area contributed by atoms with Crippen molar-refractivity contribution in [2.75, 3.05) is 19.8 Å². The standard InChI is InChI=1S/C28H44N2O5S/c1-9-11-15-35-25(34)21-20-23(32)30(19(17-31)16-18(3)4)22(28(20)13-12-27(21,8)36-28)24(33)29(14-10-2)26(5,6)7/h9-10,18-22,31H,1-2,11-17H2,3-8H3/t19-,20+,21+,22?,27-,28?/m1/s1. The van der Waals surface area contributed by atoms with Crippen LogP contribution in [0.1, 0.15) is 67.2 Å². The minimum atomic E-state index is -0.761. The molecule has 2 unspecified atom stereocenters. The first kappa shape index (κ1) is 28.8. The van der Waals surface area contributed by atoms with E-state index in [4.69, 9.17) is 4.74 Å². The lowest BCUT2D eigenvalue weighted by Gasteiger charge is -2.43. The Balaban J connectivity index is 2.13. The molecule has 202 valence electrons. The number of ether oxygens (including phenoxy) is 1. The molecule has 3 saturated heterocycles. The fourth-order valence-corrected chi connectivity index (χ4v) is 8.84. The van der Waals surface area contributed by atoms with Crippen LogP contribution in [0.5, 0.6) is 0 Å². The molecule has 36 heavy (non-hydrogen) atoms. The maximum atomic E-state index is 14.4. The minimum absolute atomic E-state index is 0.141. The summed E-state index contributed by atoms with van der Waals surface area (Å²) in [5.74, 6) is -1.78. The Morgan fingerprint density at radius 1 is 1.28 bits per heavy atom. The Bertz CT molecular complexity index is 899. The molecule has 3 rings (SSSR count). The summed E-state index contributed by atoms with van der Waals surface area (Å²) in [6.07, 6.45) is 5.91. The van der Waals surface area contributed by atoms with Gasteiger partial charge < -0.3 is 19.6 Å². The van der Waals surface area contributed by atoms with Crippen LogP contribution in [0.2, 0.25) is 0 Å². The van der Waals surface area contributed by atoms with Gasteiger partial charge >= 0.3 is 5.97 Å². The van der Waals surface area contributed by atoms with Crippen molar-refractivity contribution in [2.45, 2.75) is 94.3 Å². The van der Waals surface area contributed by atoms with E-state index in [2.05, 4.69) is 13.2 Å². The molecule has 1 N–H and O–H groups in total. The molecule has 0 aromatic rings. The number of hydrogen-bond acceptors (Lipinski definition) is 6. The monoisotopic (exact) mass is 520 g/mol. The van der Waals surface area contributed by atoms with Crippen LogP contribution < -0.4 is 0 Å². The molecule has 6 atom stereocenters. The van der Waals surface area contributed by atoms with Crippen molar-refractivity contribution < 1.29 is 24.2 Å². The summed E-state index contributed by atoms with van der Waals surface area (Å²) in [6, 6.07) is -1.26. The van der Waals surface area contributed by atoms with E-state index in [1.165, 1.54) is 0 Å². The first-order valence-electron chi connectivity index (χ1n) is 13.1. The highest BCUT2D eigenvalue weighted by Crippen LogP contribution is 2.72. The minimum Gasteiger partial charge on any atom is -0.465 e. The largest absolute Gasteiger partial charge is 0.465 e. The Kier molecular flexibility index (Phi) is 8.41. The number of aliphatic hydroxyl groups excluding tert-OH is 1. The van der Waals surface area contributed by atoms with Crippen LogP contribution in [0.3, 0.4) is 0 Å². The quantitative estimate of drug-likeness (QED) is 0.253. The molecule has 0 aromatic heterocycles. The molecule has 3 fully saturated rings. The summed E-state index contributed by atoms with van der Waals surface area (Å²) in [5, 5.41) is 10.4. The molecule has 8 heteroatoms. The average molecular weight is 521 g/mol. The van der Waals surface area contributed by atoms with E-state index in [9.17, 15) is 19.5 Å². The summed E-state index contributed by atoms with van der Waals surface area (Å²) in [6.45, 7) is 19.9. The molecule has 3 heterocycles. The first-order chi connectivity index (χ1) is 16.8. The predicted molar refractivity (Wildman–Crippen MR) is 143 cm³/mol. The fraction of sp³-hybridized carbons (Fsp3) is 0.750. The number of hydrogen-bond donors (Lipinski definition) is 1. The van der Waals surface area contributed by atoms with Crippen molar-refractivity contribution in [1.82, 2.24) is 9.80 Å². The van der Waals surface area contributed by atoms with Gasteiger partial charge in [0.15, 0.2) is 0 Å². The number of rotatable bonds is 11. The van der Waals surface area contributed by atoms with Gasteiger partial charge in [-0.25, -0.2) is 0 Å². The highest BCUT2D eigenvalue weighted by Gasteiger charge is 2.78. The summed E-state index contributed by atoms with van der Waals surface area (Å²) in [4.78, 5) is 45.5. The lowest BCUT2D eigenvalue weighted by atomic mass is 9.66. The average Bonchev–Trinajstić information content (AvgIpc) is 3.35. The Labute approximate surface area is 220 Å². The van der Waals surface area contributed by atoms with Crippen molar-refractivity contribution in [2.24, 2.45) is 17.8 Å². The van der Waals surface area contributed by atoms with Crippen molar-refractivity contribution >= 4 is 29.5 Å². The number of thioether (sulfide) groups is 1. The molecule has 7 nitrogen and oxygen atoms in total. The van der Waals surface area contributed by atoms with Gasteiger partial charge in [-0.15, -0.1) is 24.9 Å². The Morgan fingerprint density at radius 3 is 2.47 bits per heavy atom. The third-order valence-electron chi connectivity index (χ3n) is 8.00. The van der Waals surface area contributed by atoms with Gasteiger partial charge in [-0.1, -0.05) is 26.0 Å². The van der Waals surface area contributed by atoms with Crippen LogP contribution in [0.4, 0.5) is 0 Å². The summed E-state index contributed by atoms with van der Waals surface area (Å²) in [7, 11) is 0. The molecule has 3 aliphatic heterocycles. The number of esters is 1. The second-order valence-corrected chi connectivity index (χ2v) is 14.0. The van der Waals surface area contributed by atoms with Crippen LogP contribution in [0, 0.1) is 17.8 Å². The maximum Gasteiger partial charge on any atom is 0.311 e. The number of amides is 2. The van der Waals surface area contributed by atoms with Crippen LogP contribution in [0.15, 0.2) is 25.3 Å². The summed E-state index contributed by atoms with van der Waals surface area (Å²) in [5.41, 5.74) is -0.490. The van der Waals surface area contributed by atoms with E-state index in [0.29, 0.717) is 25.8 Å². The molecule has 0 radical (unpaired) electrons. The number of likely N-dealkylation sites (tertiary alicyclic amines) is 1. The van der Waals surface area contributed by atoms with Crippen molar-refractivity contribution in [3.63, 3.8) is 0 Å². The number of aliphatic hydroxyl groups is 1. The van der Waals surface area contributed by atoms with Gasteiger partial charge in [0.25, 0.3) is 0 Å². The van der Waals surface area contributed by atoms with Gasteiger partial charge in [0.2, 0.25) is 11.8 Å². The molecular formula is C28H44N2O5S. The molecule has 0 aliphatic carbocycles. The topological polar surface area (TPSA) is 87.1 Å². The maximum absolute atomic E-state index is 14.4. The number of carbonyl (C=O) groups is 3. The van der Waals surface area contributed by atoms with E-state index < -0.39 is 39.0 Å². The summed E-state index contributed by atoms with van der Waals surface area (Å²) >= 11 is 1.63. The lowest BCUT2D eigenvalue weighted by molar-refractivity contribution is -0.156. The zero-order valence-electron chi connectivity index (χ0n) is 22.8. The van der Waals surface area contributed by atoms with Crippen LogP contribution in [-0.4, -0.2) is 79.6 Å². The van der Waals surface area contributed by atoms with Gasteiger partial charge in [0.1, 0.15) is 6.04 Å². The molecular weight excluding hydrogens is 476 g/mol. The van der Waals surface area contributed by atoms with Gasteiger partial charge in [-0.2, -0.15) is 0 Å². The summed E-state index contributed by atoms with van der Waals surface area (Å²) < 4.78 is 4.39. The second-order valence-electron chi connectivity index (χ2n) is 12.1. The predicted octanol–water partition coefficient (Wildman–Crippen LogP) is 3.81. The lowest BCUT2D eigenvalue weighted by Crippen LogP contribution is -2.60. The third kappa shape index (κ3) is 4.75. The smallest absolute Gasteiger partial charge is 0.311 e. The highest BCUT2D eigenvalue weighted by atomic mass is 32.2. The second kappa shape index (κ2) is 10.5. The van der Waals surface area contributed by atoms with Gasteiger partial charge in [-0.05, 0) is 59.3 Å². The van der Waals surface area contributed by atoms with Crippen LogP contribution in [-0.2, 0) is 19.1 Å². The van der Waals surface area contributed by atoms with Crippen LogP contribution in [0.25, 0.3) is 0 Å². The van der Waals surface area contributed by atoms with E-state index in [1.54, 1.807) is 33.7 Å². The van der Waals surface area contributed by atoms with Crippen LogP contribution >= 0.6 is 11.8 Å². The fourth-order valence-electron chi connectivity index (χ4n) is 6.52. The Morgan fingerprint density at radius 2 is 1.94 bits per heavy atom. The zero-order valence-corrected chi connectivity index (χ0v) is 23.6. The van der Waals surface area contributed by atoms with Crippen molar-refractivity contribution in [3.05, 3.63) is 25.3 Å². The first-order valence-corrected chi connectivity index (χ1v) is 13.9. The SMILES string of the molecule is C=CCCOC(=O)[C@@H]1[C@H]2C(=O)N([C@@H](CO)CC(C)C)C(C(=O)N(CC=C)C(C)(C)C)C23CC[C@@]1(C)S3. The number of fused-ring (bicyclic) bond motifs is 1. The van der Waals surface area contributed by atoms with E-state index in [0.717, 1.165) is 6.42 Å². The molecule has 2 amide bonds. The van der Waals surface area contributed by atoms with Gasteiger partial charge in [0, 0.05) is 16.8 Å². The van der Waals surface area contributed by atoms with Crippen molar-refractivity contribution in [3.8, 4) is 0 Å². The van der Waals surface area contributed by atoms with E-state index in [-0.39, 0.29) is 36.9 Å². The number of carbonyl (C=O) groups excluding carboxylic acids is 3. The zero-order chi connectivity index (χ0) is 27.1. The number of nitrogens with zero attached hydrogens (tertiary/aromatic N) is 2. The normalized spacial score (nSPS) is 31.9. The molecule has 1 spiro atoms. The third-order valence-corrected chi connectivity index (χ3v) is 9.99. The highest BCUT2D eigenvalue weighted by molar-refractivity contribution is 8.02. The van der Waals surface area contributed by atoms with E-state index in [1.807, 2.05) is 41.5 Å². The Hall–Kier alpha value is -1.80. The molecule has 0 saturated carbocycles.